The van der Waals surface area contributed by atoms with Crippen LogP contribution in [0, 0.1) is 0 Å². The van der Waals surface area contributed by atoms with Crippen LogP contribution in [0.1, 0.15) is 0 Å². The first-order valence-corrected chi connectivity index (χ1v) is 2.65. The summed E-state index contributed by atoms with van der Waals surface area (Å²) < 4.78 is 28.4. The molecule has 0 rings (SSSR count). The highest BCUT2D eigenvalue weighted by Crippen LogP contribution is 2.12. The van der Waals surface area contributed by atoms with Crippen LogP contribution in [0.4, 0.5) is 8.78 Å². The molecule has 0 aliphatic rings. The predicted molar refractivity (Wildman–Crippen MR) is 38.1 cm³/mol. The Morgan fingerprint density at radius 1 is 1.64 bits per heavy atom. The summed E-state index contributed by atoms with van der Waals surface area (Å²) in [6, 6.07) is 0. The number of nitrogens with one attached hydrogen (secondary N) is 1. The second kappa shape index (κ2) is 5.26. The van der Waals surface area contributed by atoms with Gasteiger partial charge in [-0.1, -0.05) is 0 Å². The molecule has 0 amide bonds. The maximum Gasteiger partial charge on any atom is 0.378 e. The van der Waals surface area contributed by atoms with Crippen LogP contribution in [-0.4, -0.2) is 32.6 Å². The van der Waals surface area contributed by atoms with E-state index in [4.69, 9.17) is 0 Å². The average Bonchev–Trinajstić information content (AvgIpc) is 1.86. The van der Waals surface area contributed by atoms with Gasteiger partial charge in [0.15, 0.2) is 0 Å². The Morgan fingerprint density at radius 2 is 2.09 bits per heavy atom. The number of rotatable bonds is 3. The number of carbonyl (C=O) groups excluding carboxylic acids is 1. The number of methoxy groups -OCH3 is 1. The van der Waals surface area contributed by atoms with Gasteiger partial charge in [-0.2, -0.15) is 8.78 Å². The normalized spacial score (nSPS) is 10.2. The van der Waals surface area contributed by atoms with E-state index in [0.29, 0.717) is 0 Å². The second-order valence-electron chi connectivity index (χ2n) is 1.73. The van der Waals surface area contributed by atoms with Crippen molar-refractivity contribution in [2.24, 2.45) is 0 Å². The lowest BCUT2D eigenvalue weighted by Gasteiger charge is -2.11. The van der Waals surface area contributed by atoms with Crippen molar-refractivity contribution in [3.05, 3.63) is 0 Å². The molecule has 0 aromatic heterocycles. The van der Waals surface area contributed by atoms with Crippen LogP contribution in [-0.2, 0) is 9.53 Å². The van der Waals surface area contributed by atoms with Crippen molar-refractivity contribution in [1.29, 1.82) is 0 Å². The van der Waals surface area contributed by atoms with Gasteiger partial charge < -0.3 is 10.1 Å². The van der Waals surface area contributed by atoms with Crippen LogP contribution in [0.25, 0.3) is 0 Å². The third kappa shape index (κ3) is 4.10. The number of carbonyl (C=O) groups is 1. The largest absolute Gasteiger partial charge is 0.465 e. The fourth-order valence-electron chi connectivity index (χ4n) is 0.444. The molecule has 0 spiro atoms. The smallest absolute Gasteiger partial charge is 0.378 e. The lowest BCUT2D eigenvalue weighted by atomic mass is 10.3. The molecule has 0 radical (unpaired) electrons. The molecule has 0 atom stereocenters. The number of halogens is 3. The number of hydrogen-bond donors (Lipinski definition) is 1. The minimum atomic E-state index is -3.41. The fraction of sp³-hybridized carbons (Fsp3) is 0.800. The lowest BCUT2D eigenvalue weighted by Crippen LogP contribution is -2.39. The highest BCUT2D eigenvalue weighted by atomic mass is 35.5. The van der Waals surface area contributed by atoms with Crippen molar-refractivity contribution in [2.75, 3.05) is 20.7 Å². The minimum Gasteiger partial charge on any atom is -0.465 e. The molecule has 0 saturated carbocycles. The summed E-state index contributed by atoms with van der Waals surface area (Å²) in [6.07, 6.45) is 0. The number of esters is 1. The van der Waals surface area contributed by atoms with Gasteiger partial charge in [0.1, 0.15) is 0 Å². The second-order valence-corrected chi connectivity index (χ2v) is 1.73. The maximum absolute atomic E-state index is 12.3. The lowest BCUT2D eigenvalue weighted by molar-refractivity contribution is -0.167. The van der Waals surface area contributed by atoms with E-state index in [2.05, 4.69) is 10.1 Å². The van der Waals surface area contributed by atoms with Crippen LogP contribution >= 0.6 is 12.4 Å². The van der Waals surface area contributed by atoms with Gasteiger partial charge in [-0.25, -0.2) is 4.79 Å². The first-order chi connectivity index (χ1) is 4.54. The van der Waals surface area contributed by atoms with E-state index in [-0.39, 0.29) is 12.4 Å². The van der Waals surface area contributed by atoms with E-state index in [1.54, 1.807) is 0 Å². The molecule has 0 aromatic carbocycles. The van der Waals surface area contributed by atoms with E-state index in [1.165, 1.54) is 7.05 Å². The molecule has 68 valence electrons. The van der Waals surface area contributed by atoms with Crippen molar-refractivity contribution in [1.82, 2.24) is 5.32 Å². The quantitative estimate of drug-likeness (QED) is 0.655. The van der Waals surface area contributed by atoms with Crippen molar-refractivity contribution < 1.29 is 18.3 Å². The summed E-state index contributed by atoms with van der Waals surface area (Å²) in [4.78, 5) is 10.2. The zero-order valence-electron chi connectivity index (χ0n) is 6.19. The Balaban J connectivity index is 0. The SMILES string of the molecule is CNCC(F)(F)C(=O)OC.Cl. The van der Waals surface area contributed by atoms with Crippen LogP contribution in [0.15, 0.2) is 0 Å². The summed E-state index contributed by atoms with van der Waals surface area (Å²) in [5.41, 5.74) is 0. The van der Waals surface area contributed by atoms with Crippen LogP contribution in [0.5, 0.6) is 0 Å². The maximum atomic E-state index is 12.3. The highest BCUT2D eigenvalue weighted by Gasteiger charge is 2.38. The van der Waals surface area contributed by atoms with E-state index in [0.717, 1.165) is 7.11 Å². The molecule has 0 heterocycles. The fourth-order valence-corrected chi connectivity index (χ4v) is 0.444. The zero-order valence-corrected chi connectivity index (χ0v) is 7.00. The summed E-state index contributed by atoms with van der Waals surface area (Å²) in [7, 11) is 2.25. The first-order valence-electron chi connectivity index (χ1n) is 2.65. The molecule has 0 aliphatic carbocycles. The summed E-state index contributed by atoms with van der Waals surface area (Å²) in [6.45, 7) is -0.695. The van der Waals surface area contributed by atoms with Gasteiger partial charge in [0, 0.05) is 0 Å². The van der Waals surface area contributed by atoms with Gasteiger partial charge in [-0.15, -0.1) is 12.4 Å². The van der Waals surface area contributed by atoms with Crippen molar-refractivity contribution in [3.8, 4) is 0 Å². The van der Waals surface area contributed by atoms with E-state index in [9.17, 15) is 13.6 Å². The Morgan fingerprint density at radius 3 is 2.36 bits per heavy atom. The molecule has 6 heteroatoms. The summed E-state index contributed by atoms with van der Waals surface area (Å²) >= 11 is 0. The molecule has 0 bridgehead atoms. The van der Waals surface area contributed by atoms with Gasteiger partial charge in [0.05, 0.1) is 13.7 Å². The van der Waals surface area contributed by atoms with Crippen molar-refractivity contribution in [2.45, 2.75) is 5.92 Å². The van der Waals surface area contributed by atoms with Crippen molar-refractivity contribution >= 4 is 18.4 Å². The third-order valence-corrected chi connectivity index (χ3v) is 0.883. The van der Waals surface area contributed by atoms with Crippen molar-refractivity contribution in [3.63, 3.8) is 0 Å². The Labute approximate surface area is 69.5 Å². The minimum absolute atomic E-state index is 0. The third-order valence-electron chi connectivity index (χ3n) is 0.883. The topological polar surface area (TPSA) is 38.3 Å². The number of hydrogen-bond acceptors (Lipinski definition) is 3. The summed E-state index contributed by atoms with van der Waals surface area (Å²) in [5.74, 6) is -4.93. The molecule has 11 heavy (non-hydrogen) atoms. The first kappa shape index (κ1) is 13.2. The average molecular weight is 190 g/mol. The molecule has 0 aromatic rings. The van der Waals surface area contributed by atoms with Crippen LogP contribution < -0.4 is 5.32 Å². The Hall–Kier alpha value is -0.420. The van der Waals surface area contributed by atoms with E-state index in [1.807, 2.05) is 0 Å². The molecule has 0 saturated heterocycles. The van der Waals surface area contributed by atoms with E-state index < -0.39 is 18.4 Å². The molecule has 0 fully saturated rings. The molecular weight excluding hydrogens is 180 g/mol. The van der Waals surface area contributed by atoms with Gasteiger partial charge in [0.2, 0.25) is 0 Å². The molecule has 0 aliphatic heterocycles. The number of ether oxygens (including phenoxy) is 1. The standard InChI is InChI=1S/C5H9F2NO2.ClH/c1-8-3-5(6,7)4(9)10-2;/h8H,3H2,1-2H3;1H. The predicted octanol–water partition coefficient (Wildman–Crippen LogP) is 0.436. The van der Waals surface area contributed by atoms with E-state index >= 15 is 0 Å². The van der Waals surface area contributed by atoms with Gasteiger partial charge in [-0.3, -0.25) is 0 Å². The van der Waals surface area contributed by atoms with Crippen LogP contribution in [0.3, 0.4) is 0 Å². The van der Waals surface area contributed by atoms with Gasteiger partial charge in [0.25, 0.3) is 0 Å². The molecular formula is C5H10ClF2NO2. The van der Waals surface area contributed by atoms with Gasteiger partial charge in [-0.05, 0) is 7.05 Å². The molecule has 3 nitrogen and oxygen atoms in total. The highest BCUT2D eigenvalue weighted by molar-refractivity contribution is 5.85. The Bertz CT molecular complexity index is 132. The van der Waals surface area contributed by atoms with Crippen LogP contribution in [0.2, 0.25) is 0 Å². The molecule has 0 unspecified atom stereocenters. The summed E-state index contributed by atoms with van der Waals surface area (Å²) in [5, 5.41) is 2.17. The molecule has 1 N–H and O–H groups in total. The Kier molecular flexibility index (Phi) is 6.31. The monoisotopic (exact) mass is 189 g/mol. The number of alkyl halides is 2. The van der Waals surface area contributed by atoms with Gasteiger partial charge >= 0.3 is 11.9 Å². The zero-order chi connectivity index (χ0) is 8.20.